The normalized spacial score (nSPS) is 14.7. The van der Waals surface area contributed by atoms with Crippen LogP contribution in [-0.2, 0) is 5.41 Å². The van der Waals surface area contributed by atoms with Crippen LogP contribution >= 0.6 is 0 Å². The van der Waals surface area contributed by atoms with Crippen LogP contribution in [0.3, 0.4) is 0 Å². The molecular formula is C46H34N2O. The van der Waals surface area contributed by atoms with E-state index in [-0.39, 0.29) is 5.41 Å². The van der Waals surface area contributed by atoms with E-state index in [2.05, 4.69) is 109 Å². The minimum atomic E-state index is 0.168. The van der Waals surface area contributed by atoms with Gasteiger partial charge in [-0.25, -0.2) is 9.97 Å². The minimum absolute atomic E-state index is 0.168. The van der Waals surface area contributed by atoms with Crippen molar-refractivity contribution in [2.24, 2.45) is 0 Å². The maximum atomic E-state index is 6.36. The van der Waals surface area contributed by atoms with Gasteiger partial charge in [0.15, 0.2) is 11.4 Å². The van der Waals surface area contributed by atoms with Gasteiger partial charge in [-0.3, -0.25) is 0 Å². The van der Waals surface area contributed by atoms with Crippen LogP contribution in [0.1, 0.15) is 43.2 Å². The molecule has 49 heavy (non-hydrogen) atoms. The quantitative estimate of drug-likeness (QED) is 0.194. The van der Waals surface area contributed by atoms with Gasteiger partial charge in [0.2, 0.25) is 0 Å². The molecule has 0 N–H and O–H groups in total. The number of para-hydroxylation sites is 1. The number of hydrogen-bond acceptors (Lipinski definition) is 3. The molecule has 2 aromatic heterocycles. The molecule has 234 valence electrons. The smallest absolute Gasteiger partial charge is 0.180 e. The van der Waals surface area contributed by atoms with E-state index in [1.165, 1.54) is 76.6 Å². The molecule has 1 spiro atoms. The van der Waals surface area contributed by atoms with Gasteiger partial charge in [0, 0.05) is 21.9 Å². The standard InChI is InChI=1S/C46H34N2O/c1-3-12-34(13-4-1)45-47-42(44-43(48-45)37-15-6-8-19-40(37)49-44)33-26-22-31(23-27-33)30-20-24-32(25-21-30)35-16-11-18-39-41(35)36-14-5-7-17-38(36)46(39)28-9-2-10-29-46/h1,3-8,11-27H,2,9-10,28-29H2. The van der Waals surface area contributed by atoms with E-state index in [4.69, 9.17) is 14.4 Å². The fraction of sp³-hybridized carbons (Fsp3) is 0.130. The number of fused-ring (bicyclic) bond motifs is 8. The zero-order valence-electron chi connectivity index (χ0n) is 27.2. The highest BCUT2D eigenvalue weighted by molar-refractivity contribution is 6.07. The summed E-state index contributed by atoms with van der Waals surface area (Å²) in [5.74, 6) is 0.693. The number of rotatable bonds is 4. The lowest BCUT2D eigenvalue weighted by atomic mass is 9.68. The highest BCUT2D eigenvalue weighted by atomic mass is 16.3. The van der Waals surface area contributed by atoms with Crippen molar-refractivity contribution in [3.63, 3.8) is 0 Å². The van der Waals surface area contributed by atoms with Crippen molar-refractivity contribution in [2.75, 3.05) is 0 Å². The third kappa shape index (κ3) is 4.42. The molecule has 0 radical (unpaired) electrons. The van der Waals surface area contributed by atoms with Crippen molar-refractivity contribution in [2.45, 2.75) is 37.5 Å². The van der Waals surface area contributed by atoms with Crippen molar-refractivity contribution in [3.8, 4) is 56.0 Å². The van der Waals surface area contributed by atoms with Crippen molar-refractivity contribution in [1.82, 2.24) is 9.97 Å². The monoisotopic (exact) mass is 630 g/mol. The zero-order chi connectivity index (χ0) is 32.4. The zero-order valence-corrected chi connectivity index (χ0v) is 27.2. The Balaban J connectivity index is 1.02. The Morgan fingerprint density at radius 1 is 0.469 bits per heavy atom. The first-order valence-electron chi connectivity index (χ1n) is 17.5. The Morgan fingerprint density at radius 2 is 1.10 bits per heavy atom. The summed E-state index contributed by atoms with van der Waals surface area (Å²) in [4.78, 5) is 10.0. The molecule has 2 aliphatic carbocycles. The minimum Gasteiger partial charge on any atom is -0.452 e. The molecule has 1 fully saturated rings. The summed E-state index contributed by atoms with van der Waals surface area (Å²) in [5, 5.41) is 0.997. The van der Waals surface area contributed by atoms with E-state index in [9.17, 15) is 0 Å². The summed E-state index contributed by atoms with van der Waals surface area (Å²) < 4.78 is 6.36. The third-order valence-corrected chi connectivity index (χ3v) is 10.9. The predicted molar refractivity (Wildman–Crippen MR) is 200 cm³/mol. The summed E-state index contributed by atoms with van der Waals surface area (Å²) in [6, 6.07) is 52.2. The van der Waals surface area contributed by atoms with Crippen molar-refractivity contribution >= 4 is 22.1 Å². The molecule has 0 unspecified atom stereocenters. The van der Waals surface area contributed by atoms with Crippen LogP contribution in [0.5, 0.6) is 0 Å². The fourth-order valence-corrected chi connectivity index (χ4v) is 8.61. The molecule has 0 saturated heterocycles. The van der Waals surface area contributed by atoms with Crippen molar-refractivity contribution < 1.29 is 4.42 Å². The number of furan rings is 1. The number of benzene rings is 6. The van der Waals surface area contributed by atoms with Gasteiger partial charge in [0.05, 0.1) is 0 Å². The highest BCUT2D eigenvalue weighted by Gasteiger charge is 2.44. The number of aromatic nitrogens is 2. The molecule has 10 rings (SSSR count). The first-order valence-corrected chi connectivity index (χ1v) is 17.5. The highest BCUT2D eigenvalue weighted by Crippen LogP contribution is 2.57. The molecule has 2 heterocycles. The lowest BCUT2D eigenvalue weighted by Crippen LogP contribution is -2.27. The number of hydrogen-bond donors (Lipinski definition) is 0. The lowest BCUT2D eigenvalue weighted by molar-refractivity contribution is 0.353. The second-order valence-electron chi connectivity index (χ2n) is 13.6. The van der Waals surface area contributed by atoms with Gasteiger partial charge in [-0.15, -0.1) is 0 Å². The Bertz CT molecular complexity index is 2500. The third-order valence-electron chi connectivity index (χ3n) is 10.9. The summed E-state index contributed by atoms with van der Waals surface area (Å²) in [7, 11) is 0. The Labute approximate surface area is 285 Å². The molecule has 3 nitrogen and oxygen atoms in total. The molecule has 1 saturated carbocycles. The van der Waals surface area contributed by atoms with Gasteiger partial charge >= 0.3 is 0 Å². The van der Waals surface area contributed by atoms with Crippen LogP contribution in [0.4, 0.5) is 0 Å². The fourth-order valence-electron chi connectivity index (χ4n) is 8.61. The Kier molecular flexibility index (Phi) is 6.42. The van der Waals surface area contributed by atoms with Crippen LogP contribution in [0.2, 0.25) is 0 Å². The summed E-state index contributed by atoms with van der Waals surface area (Å²) in [6.07, 6.45) is 6.46. The molecule has 6 aromatic carbocycles. The van der Waals surface area contributed by atoms with Crippen LogP contribution < -0.4 is 0 Å². The molecular weight excluding hydrogens is 597 g/mol. The largest absolute Gasteiger partial charge is 0.452 e. The van der Waals surface area contributed by atoms with E-state index in [0.717, 1.165) is 33.3 Å². The van der Waals surface area contributed by atoms with Gasteiger partial charge in [-0.1, -0.05) is 153 Å². The molecule has 0 atom stereocenters. The van der Waals surface area contributed by atoms with Crippen molar-refractivity contribution in [3.05, 3.63) is 157 Å². The van der Waals surface area contributed by atoms with Gasteiger partial charge in [-0.2, -0.15) is 0 Å². The summed E-state index contributed by atoms with van der Waals surface area (Å²) >= 11 is 0. The second kappa shape index (κ2) is 11.1. The van der Waals surface area contributed by atoms with Crippen LogP contribution in [0, 0.1) is 0 Å². The SMILES string of the molecule is c1ccc(-c2nc(-c3ccc(-c4ccc(-c5cccc6c5-c5ccccc5C65CCCCC5)cc4)cc3)c3oc4ccccc4c3n2)cc1. The Hall–Kier alpha value is -5.80. The first-order chi connectivity index (χ1) is 24.3. The number of nitrogens with zero attached hydrogens (tertiary/aromatic N) is 2. The average molecular weight is 631 g/mol. The van der Waals surface area contributed by atoms with Crippen LogP contribution in [0.25, 0.3) is 78.1 Å². The van der Waals surface area contributed by atoms with E-state index in [0.29, 0.717) is 11.4 Å². The molecule has 0 bridgehead atoms. The lowest BCUT2D eigenvalue weighted by Gasteiger charge is -2.36. The van der Waals surface area contributed by atoms with Gasteiger partial charge < -0.3 is 4.42 Å². The van der Waals surface area contributed by atoms with E-state index >= 15 is 0 Å². The van der Waals surface area contributed by atoms with Crippen molar-refractivity contribution in [1.29, 1.82) is 0 Å². The van der Waals surface area contributed by atoms with Gasteiger partial charge in [0.1, 0.15) is 16.8 Å². The second-order valence-corrected chi connectivity index (χ2v) is 13.6. The molecule has 8 aromatic rings. The maximum absolute atomic E-state index is 6.36. The van der Waals surface area contributed by atoms with E-state index in [1.54, 1.807) is 0 Å². The molecule has 3 heteroatoms. The maximum Gasteiger partial charge on any atom is 0.180 e. The van der Waals surface area contributed by atoms with Crippen LogP contribution in [-0.4, -0.2) is 9.97 Å². The molecule has 0 amide bonds. The summed E-state index contributed by atoms with van der Waals surface area (Å²) in [6.45, 7) is 0. The van der Waals surface area contributed by atoms with Crippen LogP contribution in [0.15, 0.2) is 150 Å². The average Bonchev–Trinajstić information content (AvgIpc) is 3.69. The summed E-state index contributed by atoms with van der Waals surface area (Å²) in [5.41, 5.74) is 16.2. The first kappa shape index (κ1) is 28.2. The molecule has 2 aliphatic rings. The topological polar surface area (TPSA) is 38.9 Å². The van der Waals surface area contributed by atoms with E-state index < -0.39 is 0 Å². The molecule has 0 aliphatic heterocycles. The van der Waals surface area contributed by atoms with E-state index in [1.807, 2.05) is 36.4 Å². The Morgan fingerprint density at radius 3 is 1.90 bits per heavy atom. The predicted octanol–water partition coefficient (Wildman–Crippen LogP) is 12.3. The van der Waals surface area contributed by atoms with Gasteiger partial charge in [-0.05, 0) is 69.5 Å². The van der Waals surface area contributed by atoms with Gasteiger partial charge in [0.25, 0.3) is 0 Å².